The van der Waals surface area contributed by atoms with Gasteiger partial charge in [0.1, 0.15) is 5.82 Å². The van der Waals surface area contributed by atoms with Crippen LogP contribution in [0.1, 0.15) is 16.7 Å². The summed E-state index contributed by atoms with van der Waals surface area (Å²) < 4.78 is 18.0. The number of carbonyl (C=O) groups is 2. The molecule has 0 aliphatic rings. The van der Waals surface area contributed by atoms with E-state index in [-0.39, 0.29) is 12.4 Å². The van der Waals surface area contributed by atoms with Crippen LogP contribution in [0.5, 0.6) is 0 Å². The van der Waals surface area contributed by atoms with Crippen LogP contribution in [0.3, 0.4) is 0 Å². The van der Waals surface area contributed by atoms with Gasteiger partial charge in [0.2, 0.25) is 5.60 Å². The SMILES string of the molecule is O=C(COC(=O)C(O)(c1ccccc1)c1ccccc1)NCc1ccc(F)cc1. The van der Waals surface area contributed by atoms with Crippen LogP contribution in [0.2, 0.25) is 0 Å². The van der Waals surface area contributed by atoms with E-state index < -0.39 is 24.1 Å². The van der Waals surface area contributed by atoms with E-state index in [9.17, 15) is 19.1 Å². The lowest BCUT2D eigenvalue weighted by Crippen LogP contribution is -2.40. The van der Waals surface area contributed by atoms with Crippen LogP contribution in [-0.2, 0) is 26.5 Å². The Morgan fingerprint density at radius 1 is 0.862 bits per heavy atom. The fourth-order valence-corrected chi connectivity index (χ4v) is 2.85. The number of carbonyl (C=O) groups excluding carboxylic acids is 2. The highest BCUT2D eigenvalue weighted by molar-refractivity contribution is 5.88. The highest BCUT2D eigenvalue weighted by atomic mass is 19.1. The van der Waals surface area contributed by atoms with Crippen molar-refractivity contribution in [3.63, 3.8) is 0 Å². The number of rotatable bonds is 7. The molecule has 6 heteroatoms. The molecule has 5 nitrogen and oxygen atoms in total. The van der Waals surface area contributed by atoms with Crippen molar-refractivity contribution in [2.45, 2.75) is 12.1 Å². The monoisotopic (exact) mass is 393 g/mol. The van der Waals surface area contributed by atoms with Crippen LogP contribution in [0.4, 0.5) is 4.39 Å². The number of hydrogen-bond donors (Lipinski definition) is 2. The zero-order chi connectivity index (χ0) is 20.7. The molecule has 148 valence electrons. The van der Waals surface area contributed by atoms with Crippen LogP contribution in [0.15, 0.2) is 84.9 Å². The first-order valence-corrected chi connectivity index (χ1v) is 9.02. The van der Waals surface area contributed by atoms with Gasteiger partial charge in [-0.25, -0.2) is 9.18 Å². The maximum absolute atomic E-state index is 12.9. The predicted molar refractivity (Wildman–Crippen MR) is 105 cm³/mol. The summed E-state index contributed by atoms with van der Waals surface area (Å²) in [5, 5.41) is 13.8. The third-order valence-electron chi connectivity index (χ3n) is 4.42. The summed E-state index contributed by atoms with van der Waals surface area (Å²) in [6.07, 6.45) is 0. The van der Waals surface area contributed by atoms with E-state index in [0.717, 1.165) is 0 Å². The van der Waals surface area contributed by atoms with Gasteiger partial charge < -0.3 is 15.2 Å². The van der Waals surface area contributed by atoms with Crippen molar-refractivity contribution in [3.8, 4) is 0 Å². The zero-order valence-electron chi connectivity index (χ0n) is 15.5. The van der Waals surface area contributed by atoms with Crippen LogP contribution in [0, 0.1) is 5.82 Å². The van der Waals surface area contributed by atoms with Gasteiger partial charge in [-0.3, -0.25) is 4.79 Å². The summed E-state index contributed by atoms with van der Waals surface area (Å²) in [5.41, 5.74) is -0.665. The average molecular weight is 393 g/mol. The fourth-order valence-electron chi connectivity index (χ4n) is 2.85. The molecule has 0 radical (unpaired) electrons. The van der Waals surface area contributed by atoms with E-state index >= 15 is 0 Å². The van der Waals surface area contributed by atoms with E-state index in [1.165, 1.54) is 12.1 Å². The van der Waals surface area contributed by atoms with Gasteiger partial charge in [0.15, 0.2) is 6.61 Å². The largest absolute Gasteiger partial charge is 0.453 e. The highest BCUT2D eigenvalue weighted by Crippen LogP contribution is 2.30. The summed E-state index contributed by atoms with van der Waals surface area (Å²) >= 11 is 0. The lowest BCUT2D eigenvalue weighted by molar-refractivity contribution is -0.164. The first-order valence-electron chi connectivity index (χ1n) is 9.02. The number of hydrogen-bond acceptors (Lipinski definition) is 4. The summed E-state index contributed by atoms with van der Waals surface area (Å²) in [6.45, 7) is -0.389. The second kappa shape index (κ2) is 9.12. The summed E-state index contributed by atoms with van der Waals surface area (Å²) in [6, 6.07) is 22.5. The van der Waals surface area contributed by atoms with Gasteiger partial charge in [-0.05, 0) is 28.8 Å². The lowest BCUT2D eigenvalue weighted by atomic mass is 9.86. The molecule has 0 aliphatic heterocycles. The second-order valence-corrected chi connectivity index (χ2v) is 6.42. The Kier molecular flexibility index (Phi) is 6.36. The number of halogens is 1. The Morgan fingerprint density at radius 3 is 1.90 bits per heavy atom. The molecule has 0 saturated heterocycles. The van der Waals surface area contributed by atoms with E-state index in [1.807, 2.05) is 0 Å². The quantitative estimate of drug-likeness (QED) is 0.606. The van der Waals surface area contributed by atoms with E-state index in [1.54, 1.807) is 72.8 Å². The molecule has 0 bridgehead atoms. The van der Waals surface area contributed by atoms with Gasteiger partial charge in [-0.2, -0.15) is 0 Å². The third-order valence-corrected chi connectivity index (χ3v) is 4.42. The van der Waals surface area contributed by atoms with Crippen molar-refractivity contribution >= 4 is 11.9 Å². The van der Waals surface area contributed by atoms with Crippen molar-refractivity contribution in [1.29, 1.82) is 0 Å². The van der Waals surface area contributed by atoms with Crippen LogP contribution >= 0.6 is 0 Å². The summed E-state index contributed by atoms with van der Waals surface area (Å²) in [4.78, 5) is 24.8. The van der Waals surface area contributed by atoms with E-state index in [0.29, 0.717) is 16.7 Å². The molecule has 2 N–H and O–H groups in total. The zero-order valence-corrected chi connectivity index (χ0v) is 15.5. The first-order chi connectivity index (χ1) is 14.0. The molecule has 0 spiro atoms. The molecule has 0 fully saturated rings. The minimum atomic E-state index is -2.04. The van der Waals surface area contributed by atoms with Gasteiger partial charge >= 0.3 is 5.97 Å². The number of nitrogens with one attached hydrogen (secondary N) is 1. The summed E-state index contributed by atoms with van der Waals surface area (Å²) in [5.74, 6) is -1.85. The number of benzene rings is 3. The average Bonchev–Trinajstić information content (AvgIpc) is 2.77. The summed E-state index contributed by atoms with van der Waals surface area (Å²) in [7, 11) is 0. The number of esters is 1. The topological polar surface area (TPSA) is 75.6 Å². The normalized spacial score (nSPS) is 11.0. The fraction of sp³-hybridized carbons (Fsp3) is 0.130. The highest BCUT2D eigenvalue weighted by Gasteiger charge is 2.41. The Hall–Kier alpha value is -3.51. The molecule has 0 unspecified atom stereocenters. The van der Waals surface area contributed by atoms with Gasteiger partial charge in [-0.15, -0.1) is 0 Å². The second-order valence-electron chi connectivity index (χ2n) is 6.42. The van der Waals surface area contributed by atoms with Gasteiger partial charge in [0, 0.05) is 6.54 Å². The number of aliphatic hydroxyl groups is 1. The number of ether oxygens (including phenoxy) is 1. The molecular formula is C23H20FNO4. The lowest BCUT2D eigenvalue weighted by Gasteiger charge is -2.26. The molecule has 3 rings (SSSR count). The Labute approximate surface area is 167 Å². The maximum Gasteiger partial charge on any atom is 0.348 e. The molecule has 0 aromatic heterocycles. The van der Waals surface area contributed by atoms with Crippen molar-refractivity contribution < 1.29 is 23.8 Å². The molecule has 3 aromatic rings. The molecular weight excluding hydrogens is 373 g/mol. The Bertz CT molecular complexity index is 920. The molecule has 3 aromatic carbocycles. The van der Waals surface area contributed by atoms with E-state index in [2.05, 4.69) is 5.32 Å². The molecule has 0 atom stereocenters. The van der Waals surface area contributed by atoms with Crippen LogP contribution < -0.4 is 5.32 Å². The van der Waals surface area contributed by atoms with Crippen molar-refractivity contribution in [1.82, 2.24) is 5.32 Å². The molecule has 1 amide bonds. The first kappa shape index (κ1) is 20.2. The van der Waals surface area contributed by atoms with Gasteiger partial charge in [-0.1, -0.05) is 72.8 Å². The van der Waals surface area contributed by atoms with Gasteiger partial charge in [0.05, 0.1) is 0 Å². The van der Waals surface area contributed by atoms with Crippen LogP contribution in [-0.4, -0.2) is 23.6 Å². The predicted octanol–water partition coefficient (Wildman–Crippen LogP) is 2.92. The van der Waals surface area contributed by atoms with Crippen molar-refractivity contribution in [2.24, 2.45) is 0 Å². The maximum atomic E-state index is 12.9. The smallest absolute Gasteiger partial charge is 0.348 e. The standard InChI is InChI=1S/C23H20FNO4/c24-20-13-11-17(12-14-20)15-25-21(26)16-29-22(27)23(28,18-7-3-1-4-8-18)19-9-5-2-6-10-19/h1-14,28H,15-16H2,(H,25,26). The Balaban J connectivity index is 1.67. The van der Waals surface area contributed by atoms with E-state index in [4.69, 9.17) is 4.74 Å². The Morgan fingerprint density at radius 2 is 1.38 bits per heavy atom. The van der Waals surface area contributed by atoms with Crippen LogP contribution in [0.25, 0.3) is 0 Å². The van der Waals surface area contributed by atoms with Crippen molar-refractivity contribution in [2.75, 3.05) is 6.61 Å². The molecule has 0 aliphatic carbocycles. The molecule has 0 saturated carbocycles. The number of amides is 1. The minimum absolute atomic E-state index is 0.165. The van der Waals surface area contributed by atoms with Gasteiger partial charge in [0.25, 0.3) is 5.91 Å². The van der Waals surface area contributed by atoms with Crippen molar-refractivity contribution in [3.05, 3.63) is 107 Å². The third kappa shape index (κ3) is 4.86. The minimum Gasteiger partial charge on any atom is -0.453 e. The molecule has 29 heavy (non-hydrogen) atoms. The molecule has 0 heterocycles.